The summed E-state index contributed by atoms with van der Waals surface area (Å²) in [6, 6.07) is 38.5. The molecular weight excluding hydrogens is 625 g/mol. The first-order valence-corrected chi connectivity index (χ1v) is 15.7. The topological polar surface area (TPSA) is 140 Å². The summed E-state index contributed by atoms with van der Waals surface area (Å²) in [5.41, 5.74) is 8.38. The Morgan fingerprint density at radius 1 is 0.750 bits per heavy atom. The summed E-state index contributed by atoms with van der Waals surface area (Å²) in [7, 11) is 1.55. The Morgan fingerprint density at radius 2 is 1.42 bits per heavy atom. The highest BCUT2D eigenvalue weighted by atomic mass is 32.2. The molecule has 9 nitrogen and oxygen atoms in total. The monoisotopic (exact) mass is 656 g/mol. The highest BCUT2D eigenvalue weighted by Crippen LogP contribution is 2.37. The number of hydrogen-bond acceptors (Lipinski definition) is 6. The van der Waals surface area contributed by atoms with Gasteiger partial charge in [-0.15, -0.1) is 11.8 Å². The number of thioether (sulfide) groups is 1. The minimum Gasteiger partial charge on any atom is -0.497 e. The molecule has 240 valence electrons. The second-order valence-corrected chi connectivity index (χ2v) is 11.6. The number of para-hydroxylation sites is 1. The Morgan fingerprint density at radius 3 is 2.10 bits per heavy atom. The highest BCUT2D eigenvalue weighted by molar-refractivity contribution is 8.00. The number of amides is 4. The fourth-order valence-electron chi connectivity index (χ4n) is 4.70. The number of carbonyl (C=O) groups is 4. The van der Waals surface area contributed by atoms with E-state index < -0.39 is 23.0 Å². The standard InChI is InChI=1S/C38H32N4O5S/c1-47-29-16-10-11-25(23-29)24-33(42-36(44)27-14-6-3-7-15-27)37(45)40-28-19-21-30(22-20-28)48-34(26-12-4-2-5-13-26)38(46)41-32-18-9-8-17-31(32)35(39)43/h2-24,34H,1H3,(H2,39,43)(H,40,45)(H,41,46)(H,42,44)/b33-24-. The summed E-state index contributed by atoms with van der Waals surface area (Å²) in [4.78, 5) is 52.8. The number of anilines is 2. The van der Waals surface area contributed by atoms with E-state index in [0.29, 0.717) is 28.3 Å². The molecule has 0 aliphatic heterocycles. The second kappa shape index (κ2) is 15.9. The number of rotatable bonds is 12. The van der Waals surface area contributed by atoms with Gasteiger partial charge in [0.15, 0.2) is 0 Å². The number of hydrogen-bond donors (Lipinski definition) is 4. The van der Waals surface area contributed by atoms with E-state index >= 15 is 0 Å². The van der Waals surface area contributed by atoms with E-state index in [0.717, 1.165) is 10.5 Å². The molecule has 10 heteroatoms. The Kier molecular flexibility index (Phi) is 11.0. The van der Waals surface area contributed by atoms with Gasteiger partial charge in [0.1, 0.15) is 16.7 Å². The van der Waals surface area contributed by atoms with Crippen LogP contribution in [0.3, 0.4) is 0 Å². The first-order chi connectivity index (χ1) is 23.3. The summed E-state index contributed by atoms with van der Waals surface area (Å²) >= 11 is 1.31. The molecule has 0 bridgehead atoms. The molecule has 5 aromatic carbocycles. The van der Waals surface area contributed by atoms with Crippen LogP contribution in [-0.4, -0.2) is 30.7 Å². The number of ether oxygens (including phenoxy) is 1. The van der Waals surface area contributed by atoms with Crippen molar-refractivity contribution in [2.45, 2.75) is 10.1 Å². The molecule has 0 fully saturated rings. The Balaban J connectivity index is 1.34. The van der Waals surface area contributed by atoms with Gasteiger partial charge in [0.2, 0.25) is 5.91 Å². The largest absolute Gasteiger partial charge is 0.497 e. The third-order valence-corrected chi connectivity index (χ3v) is 8.36. The summed E-state index contributed by atoms with van der Waals surface area (Å²) in [6.07, 6.45) is 1.57. The first kappa shape index (κ1) is 33.2. The Bertz CT molecular complexity index is 1950. The molecule has 5 aromatic rings. The Labute approximate surface area is 282 Å². The van der Waals surface area contributed by atoms with Gasteiger partial charge >= 0.3 is 0 Å². The summed E-state index contributed by atoms with van der Waals surface area (Å²) in [5.74, 6) is -1.34. The van der Waals surface area contributed by atoms with E-state index in [1.807, 2.05) is 30.3 Å². The number of carbonyl (C=O) groups excluding carboxylic acids is 4. The molecule has 1 unspecified atom stereocenters. The van der Waals surface area contributed by atoms with E-state index in [1.54, 1.807) is 116 Å². The lowest BCUT2D eigenvalue weighted by Crippen LogP contribution is -2.30. The zero-order valence-electron chi connectivity index (χ0n) is 25.9. The molecule has 0 saturated carbocycles. The molecule has 5 N–H and O–H groups in total. The lowest BCUT2D eigenvalue weighted by atomic mass is 10.1. The molecular formula is C38H32N4O5S. The van der Waals surface area contributed by atoms with Crippen LogP contribution in [0.1, 0.15) is 37.1 Å². The zero-order valence-corrected chi connectivity index (χ0v) is 26.7. The molecule has 4 amide bonds. The minimum atomic E-state index is -0.668. The molecule has 0 aliphatic carbocycles. The summed E-state index contributed by atoms with van der Waals surface area (Å²) < 4.78 is 5.31. The second-order valence-electron chi connectivity index (χ2n) is 10.4. The van der Waals surface area contributed by atoms with Crippen molar-refractivity contribution < 1.29 is 23.9 Å². The fraction of sp³-hybridized carbons (Fsp3) is 0.0526. The maximum absolute atomic E-state index is 13.6. The quantitative estimate of drug-likeness (QED) is 0.0873. The van der Waals surface area contributed by atoms with E-state index in [2.05, 4.69) is 16.0 Å². The van der Waals surface area contributed by atoms with Gasteiger partial charge in [-0.3, -0.25) is 19.2 Å². The molecule has 0 aliphatic rings. The maximum atomic E-state index is 13.6. The van der Waals surface area contributed by atoms with Gasteiger partial charge in [-0.2, -0.15) is 0 Å². The van der Waals surface area contributed by atoms with Crippen molar-refractivity contribution >= 4 is 52.8 Å². The van der Waals surface area contributed by atoms with Crippen LogP contribution in [-0.2, 0) is 9.59 Å². The minimum absolute atomic E-state index is 0.0348. The van der Waals surface area contributed by atoms with Crippen molar-refractivity contribution in [2.24, 2.45) is 5.73 Å². The normalized spacial score (nSPS) is 11.6. The number of nitrogens with two attached hydrogens (primary N) is 1. The van der Waals surface area contributed by atoms with Crippen LogP contribution in [0.2, 0.25) is 0 Å². The maximum Gasteiger partial charge on any atom is 0.272 e. The van der Waals surface area contributed by atoms with E-state index in [-0.39, 0.29) is 17.2 Å². The van der Waals surface area contributed by atoms with Gasteiger partial charge < -0.3 is 26.4 Å². The molecule has 5 rings (SSSR count). The van der Waals surface area contributed by atoms with E-state index in [1.165, 1.54) is 11.8 Å². The van der Waals surface area contributed by atoms with Crippen molar-refractivity contribution in [2.75, 3.05) is 17.7 Å². The first-order valence-electron chi connectivity index (χ1n) is 14.9. The fourth-order valence-corrected chi connectivity index (χ4v) is 5.72. The van der Waals surface area contributed by atoms with E-state index in [4.69, 9.17) is 10.5 Å². The molecule has 0 radical (unpaired) electrons. The van der Waals surface area contributed by atoms with Gasteiger partial charge in [0, 0.05) is 16.1 Å². The highest BCUT2D eigenvalue weighted by Gasteiger charge is 2.24. The van der Waals surface area contributed by atoms with Crippen molar-refractivity contribution in [3.8, 4) is 5.75 Å². The smallest absolute Gasteiger partial charge is 0.272 e. The van der Waals surface area contributed by atoms with Crippen molar-refractivity contribution in [1.29, 1.82) is 0 Å². The van der Waals surface area contributed by atoms with Crippen LogP contribution < -0.4 is 26.4 Å². The lowest BCUT2D eigenvalue weighted by molar-refractivity contribution is -0.116. The average molecular weight is 657 g/mol. The summed E-state index contributed by atoms with van der Waals surface area (Å²) in [6.45, 7) is 0. The predicted molar refractivity (Wildman–Crippen MR) is 189 cm³/mol. The van der Waals surface area contributed by atoms with Crippen LogP contribution in [0.25, 0.3) is 6.08 Å². The van der Waals surface area contributed by atoms with Crippen LogP contribution in [0.5, 0.6) is 5.75 Å². The molecule has 0 spiro atoms. The van der Waals surface area contributed by atoms with Crippen molar-refractivity contribution in [3.63, 3.8) is 0 Å². The van der Waals surface area contributed by atoms with Crippen molar-refractivity contribution in [1.82, 2.24) is 5.32 Å². The number of nitrogens with one attached hydrogen (secondary N) is 3. The molecule has 0 saturated heterocycles. The van der Waals surface area contributed by atoms with Gasteiger partial charge in [-0.1, -0.05) is 72.8 Å². The van der Waals surface area contributed by atoms with Crippen LogP contribution >= 0.6 is 11.8 Å². The number of benzene rings is 5. The van der Waals surface area contributed by atoms with E-state index in [9.17, 15) is 19.2 Å². The Hall–Kier alpha value is -6.13. The van der Waals surface area contributed by atoms with Crippen LogP contribution in [0.4, 0.5) is 11.4 Å². The molecule has 0 heterocycles. The van der Waals surface area contributed by atoms with Crippen molar-refractivity contribution in [3.05, 3.63) is 161 Å². The zero-order chi connectivity index (χ0) is 33.9. The number of methoxy groups -OCH3 is 1. The number of primary amides is 1. The molecule has 48 heavy (non-hydrogen) atoms. The predicted octanol–water partition coefficient (Wildman–Crippen LogP) is 6.68. The SMILES string of the molecule is COc1cccc(/C=C(\NC(=O)c2ccccc2)C(=O)Nc2ccc(SC(C(=O)Nc3ccccc3C(N)=O)c3ccccc3)cc2)c1. The lowest BCUT2D eigenvalue weighted by Gasteiger charge is -2.18. The average Bonchev–Trinajstić information content (AvgIpc) is 3.11. The molecule has 0 aromatic heterocycles. The van der Waals surface area contributed by atoms with Gasteiger partial charge in [-0.25, -0.2) is 0 Å². The molecule has 1 atom stereocenters. The van der Waals surface area contributed by atoms with Crippen LogP contribution in [0, 0.1) is 0 Å². The summed E-state index contributed by atoms with van der Waals surface area (Å²) in [5, 5.41) is 7.76. The van der Waals surface area contributed by atoms with Gasteiger partial charge in [0.25, 0.3) is 17.7 Å². The van der Waals surface area contributed by atoms with Gasteiger partial charge in [-0.05, 0) is 77.9 Å². The third-order valence-electron chi connectivity index (χ3n) is 7.09. The van der Waals surface area contributed by atoms with Gasteiger partial charge in [0.05, 0.1) is 18.4 Å². The van der Waals surface area contributed by atoms with Crippen LogP contribution in [0.15, 0.2) is 144 Å². The third kappa shape index (κ3) is 8.77.